The first kappa shape index (κ1) is 13.6. The fourth-order valence-electron chi connectivity index (χ4n) is 1.46. The first-order valence-corrected chi connectivity index (χ1v) is 5.55. The van der Waals surface area contributed by atoms with Crippen LogP contribution in [0.25, 0.3) is 0 Å². The fraction of sp³-hybridized carbons (Fsp3) is 0.727. The van der Waals surface area contributed by atoms with E-state index in [-0.39, 0.29) is 12.0 Å². The van der Waals surface area contributed by atoms with Gasteiger partial charge in [-0.05, 0) is 20.8 Å². The minimum absolute atomic E-state index is 0.105. The molecule has 0 aromatic carbocycles. The molecule has 1 N–H and O–H groups in total. The molecule has 0 atom stereocenters. The maximum Gasteiger partial charge on any atom is 0.304 e. The van der Waals surface area contributed by atoms with Crippen LogP contribution in [-0.4, -0.2) is 38.2 Å². The summed E-state index contributed by atoms with van der Waals surface area (Å²) < 4.78 is 4.90. The van der Waals surface area contributed by atoms with Gasteiger partial charge in [-0.15, -0.1) is 0 Å². The van der Waals surface area contributed by atoms with Crippen LogP contribution in [0.5, 0.6) is 0 Å². The van der Waals surface area contributed by atoms with Crippen molar-refractivity contribution in [3.8, 4) is 0 Å². The van der Waals surface area contributed by atoms with Gasteiger partial charge in [0, 0.05) is 19.0 Å². The van der Waals surface area contributed by atoms with Gasteiger partial charge in [0.25, 0.3) is 0 Å². The van der Waals surface area contributed by atoms with Crippen molar-refractivity contribution < 1.29 is 14.4 Å². The lowest BCUT2D eigenvalue weighted by Crippen LogP contribution is -2.42. The third-order valence-corrected chi connectivity index (χ3v) is 2.45. The van der Waals surface area contributed by atoms with Gasteiger partial charge in [0.1, 0.15) is 0 Å². The number of hydrogen-bond acceptors (Lipinski definition) is 5. The molecule has 0 bridgehead atoms. The van der Waals surface area contributed by atoms with Gasteiger partial charge in [-0.1, -0.05) is 5.16 Å². The van der Waals surface area contributed by atoms with Crippen molar-refractivity contribution in [3.05, 3.63) is 11.7 Å². The molecule has 0 unspecified atom stereocenters. The lowest BCUT2D eigenvalue weighted by Gasteiger charge is -2.34. The highest BCUT2D eigenvalue weighted by atomic mass is 16.5. The molecule has 0 saturated heterocycles. The van der Waals surface area contributed by atoms with Gasteiger partial charge < -0.3 is 9.63 Å². The zero-order chi connectivity index (χ0) is 13.1. The van der Waals surface area contributed by atoms with Gasteiger partial charge >= 0.3 is 5.97 Å². The average Bonchev–Trinajstić information content (AvgIpc) is 2.56. The third kappa shape index (κ3) is 4.52. The normalized spacial score (nSPS) is 12.1. The smallest absolute Gasteiger partial charge is 0.304 e. The SMILES string of the molecule is Cc1nc(CN(CCC(=O)O)C(C)(C)C)no1. The fourth-order valence-corrected chi connectivity index (χ4v) is 1.46. The van der Waals surface area contributed by atoms with Gasteiger partial charge in [0.05, 0.1) is 13.0 Å². The van der Waals surface area contributed by atoms with Crippen molar-refractivity contribution in [1.82, 2.24) is 15.0 Å². The van der Waals surface area contributed by atoms with E-state index in [4.69, 9.17) is 9.63 Å². The molecular weight excluding hydrogens is 222 g/mol. The summed E-state index contributed by atoms with van der Waals surface area (Å²) in [5.41, 5.74) is -0.135. The van der Waals surface area contributed by atoms with Gasteiger partial charge in [-0.25, -0.2) is 0 Å². The zero-order valence-electron chi connectivity index (χ0n) is 10.7. The Morgan fingerprint density at radius 2 is 2.12 bits per heavy atom. The van der Waals surface area contributed by atoms with E-state index in [1.807, 2.05) is 25.7 Å². The van der Waals surface area contributed by atoms with Crippen LogP contribution in [0.2, 0.25) is 0 Å². The van der Waals surface area contributed by atoms with Crippen molar-refractivity contribution in [1.29, 1.82) is 0 Å². The second-order valence-corrected chi connectivity index (χ2v) is 4.97. The third-order valence-electron chi connectivity index (χ3n) is 2.45. The van der Waals surface area contributed by atoms with E-state index in [0.29, 0.717) is 24.8 Å². The number of nitrogens with zero attached hydrogens (tertiary/aromatic N) is 3. The molecule has 0 aliphatic heterocycles. The molecule has 6 heteroatoms. The number of carboxylic acid groups (broad SMARTS) is 1. The Balaban J connectivity index is 2.67. The molecule has 96 valence electrons. The standard InChI is InChI=1S/C11H19N3O3/c1-8-12-9(13-17-8)7-14(11(2,3)4)6-5-10(15)16/h5-7H2,1-4H3,(H,15,16). The summed E-state index contributed by atoms with van der Waals surface area (Å²) in [5.74, 6) is 0.304. The largest absolute Gasteiger partial charge is 0.481 e. The van der Waals surface area contributed by atoms with E-state index in [1.54, 1.807) is 6.92 Å². The van der Waals surface area contributed by atoms with Crippen molar-refractivity contribution in [2.45, 2.75) is 46.2 Å². The summed E-state index contributed by atoms with van der Waals surface area (Å²) in [7, 11) is 0. The Hall–Kier alpha value is -1.43. The zero-order valence-corrected chi connectivity index (χ0v) is 10.7. The van der Waals surface area contributed by atoms with E-state index in [0.717, 1.165) is 0 Å². The Bertz CT molecular complexity index is 382. The van der Waals surface area contributed by atoms with Crippen molar-refractivity contribution in [2.75, 3.05) is 6.54 Å². The van der Waals surface area contributed by atoms with Gasteiger partial charge in [0.2, 0.25) is 5.89 Å². The Labute approximate surface area is 101 Å². The van der Waals surface area contributed by atoms with Crippen molar-refractivity contribution in [3.63, 3.8) is 0 Å². The summed E-state index contributed by atoms with van der Waals surface area (Å²) in [6.45, 7) is 8.78. The topological polar surface area (TPSA) is 79.5 Å². The minimum atomic E-state index is -0.802. The van der Waals surface area contributed by atoms with E-state index < -0.39 is 5.97 Å². The number of aliphatic carboxylic acids is 1. The summed E-state index contributed by atoms with van der Waals surface area (Å²) in [6, 6.07) is 0. The molecule has 1 aromatic rings. The van der Waals surface area contributed by atoms with Crippen LogP contribution in [0, 0.1) is 6.92 Å². The first-order valence-electron chi connectivity index (χ1n) is 5.55. The number of carboxylic acids is 1. The number of aryl methyl sites for hydroxylation is 1. The van der Waals surface area contributed by atoms with E-state index in [2.05, 4.69) is 10.1 Å². The lowest BCUT2D eigenvalue weighted by atomic mass is 10.1. The van der Waals surface area contributed by atoms with Crippen LogP contribution in [0.1, 0.15) is 38.9 Å². The van der Waals surface area contributed by atoms with Crippen LogP contribution in [0.4, 0.5) is 0 Å². The van der Waals surface area contributed by atoms with Crippen LogP contribution >= 0.6 is 0 Å². The van der Waals surface area contributed by atoms with E-state index in [9.17, 15) is 4.79 Å². The molecular formula is C11H19N3O3. The second kappa shape index (κ2) is 5.27. The first-order chi connectivity index (χ1) is 7.79. The maximum atomic E-state index is 10.6. The molecule has 0 fully saturated rings. The van der Waals surface area contributed by atoms with Gasteiger partial charge in [-0.3, -0.25) is 9.69 Å². The predicted molar refractivity (Wildman–Crippen MR) is 61.5 cm³/mol. The molecule has 0 saturated carbocycles. The number of hydrogen-bond donors (Lipinski definition) is 1. The molecule has 0 spiro atoms. The Morgan fingerprint density at radius 3 is 2.53 bits per heavy atom. The lowest BCUT2D eigenvalue weighted by molar-refractivity contribution is -0.137. The molecule has 6 nitrogen and oxygen atoms in total. The van der Waals surface area contributed by atoms with Gasteiger partial charge in [-0.2, -0.15) is 4.98 Å². The van der Waals surface area contributed by atoms with Crippen LogP contribution in [0.15, 0.2) is 4.52 Å². The molecule has 1 aromatic heterocycles. The molecule has 0 amide bonds. The highest BCUT2D eigenvalue weighted by molar-refractivity contribution is 5.66. The Kier molecular flexibility index (Phi) is 4.22. The highest BCUT2D eigenvalue weighted by Gasteiger charge is 2.23. The van der Waals surface area contributed by atoms with E-state index in [1.165, 1.54) is 0 Å². The highest BCUT2D eigenvalue weighted by Crippen LogP contribution is 2.16. The maximum absolute atomic E-state index is 10.6. The van der Waals surface area contributed by atoms with Crippen LogP contribution in [0.3, 0.4) is 0 Å². The number of carbonyl (C=O) groups is 1. The second-order valence-electron chi connectivity index (χ2n) is 4.97. The Morgan fingerprint density at radius 1 is 1.47 bits per heavy atom. The predicted octanol–water partition coefficient (Wildman–Crippen LogP) is 1.45. The van der Waals surface area contributed by atoms with Gasteiger partial charge in [0.15, 0.2) is 5.82 Å². The number of aromatic nitrogens is 2. The summed E-state index contributed by atoms with van der Waals surface area (Å²) in [6.07, 6.45) is 0.105. The summed E-state index contributed by atoms with van der Waals surface area (Å²) in [4.78, 5) is 16.8. The summed E-state index contributed by atoms with van der Waals surface area (Å²) >= 11 is 0. The van der Waals surface area contributed by atoms with Crippen molar-refractivity contribution >= 4 is 5.97 Å². The molecule has 0 aliphatic rings. The molecule has 1 rings (SSSR count). The average molecular weight is 241 g/mol. The quantitative estimate of drug-likeness (QED) is 0.840. The number of rotatable bonds is 5. The molecule has 0 radical (unpaired) electrons. The molecule has 1 heterocycles. The molecule has 17 heavy (non-hydrogen) atoms. The summed E-state index contributed by atoms with van der Waals surface area (Å²) in [5, 5.41) is 12.5. The minimum Gasteiger partial charge on any atom is -0.481 e. The van der Waals surface area contributed by atoms with Crippen LogP contribution < -0.4 is 0 Å². The monoisotopic (exact) mass is 241 g/mol. The molecule has 0 aliphatic carbocycles. The van der Waals surface area contributed by atoms with Crippen molar-refractivity contribution in [2.24, 2.45) is 0 Å². The van der Waals surface area contributed by atoms with E-state index >= 15 is 0 Å². The van der Waals surface area contributed by atoms with Crippen LogP contribution in [-0.2, 0) is 11.3 Å².